The number of para-hydroxylation sites is 1. The van der Waals surface area contributed by atoms with Crippen LogP contribution in [0.4, 0.5) is 0 Å². The van der Waals surface area contributed by atoms with Gasteiger partial charge in [-0.05, 0) is 12.1 Å². The second-order valence-corrected chi connectivity index (χ2v) is 3.91. The first-order chi connectivity index (χ1) is 8.34. The number of benzene rings is 2. The molecule has 0 unspecified atom stereocenters. The predicted octanol–water partition coefficient (Wildman–Crippen LogP) is 4.03. The van der Waals surface area contributed by atoms with E-state index in [1.165, 1.54) is 0 Å². The van der Waals surface area contributed by atoms with Crippen molar-refractivity contribution in [2.45, 2.75) is 0 Å². The minimum Gasteiger partial charge on any atom is -0.506 e. The maximum atomic E-state index is 10.00. The van der Waals surface area contributed by atoms with Crippen LogP contribution in [0.1, 0.15) is 0 Å². The van der Waals surface area contributed by atoms with Crippen molar-refractivity contribution in [3.05, 3.63) is 60.7 Å². The molecule has 90 valence electrons. The van der Waals surface area contributed by atoms with E-state index >= 15 is 0 Å². The highest BCUT2D eigenvalue weighted by Gasteiger charge is 2.07. The SMILES string of the molecule is Cl.Oc1cc2ccccc2nc1-c1ccccc1. The molecule has 0 aliphatic rings. The molecule has 18 heavy (non-hydrogen) atoms. The number of rotatable bonds is 1. The minimum absolute atomic E-state index is 0. The van der Waals surface area contributed by atoms with Gasteiger partial charge in [-0.1, -0.05) is 48.5 Å². The van der Waals surface area contributed by atoms with Crippen molar-refractivity contribution in [2.24, 2.45) is 0 Å². The van der Waals surface area contributed by atoms with E-state index in [2.05, 4.69) is 4.98 Å². The van der Waals surface area contributed by atoms with Crippen molar-refractivity contribution in [3.8, 4) is 17.0 Å². The third-order valence-electron chi connectivity index (χ3n) is 2.75. The first-order valence-electron chi connectivity index (χ1n) is 5.49. The molecule has 1 N–H and O–H groups in total. The summed E-state index contributed by atoms with van der Waals surface area (Å²) in [5.41, 5.74) is 2.45. The lowest BCUT2D eigenvalue weighted by Crippen LogP contribution is -1.86. The third-order valence-corrected chi connectivity index (χ3v) is 2.75. The number of hydrogen-bond acceptors (Lipinski definition) is 2. The molecule has 0 aliphatic carbocycles. The van der Waals surface area contributed by atoms with Crippen LogP contribution in [-0.2, 0) is 0 Å². The second kappa shape index (κ2) is 5.07. The molecule has 0 bridgehead atoms. The molecule has 1 heterocycles. The zero-order chi connectivity index (χ0) is 11.7. The summed E-state index contributed by atoms with van der Waals surface area (Å²) in [6.45, 7) is 0. The fraction of sp³-hybridized carbons (Fsp3) is 0. The minimum atomic E-state index is 0. The van der Waals surface area contributed by atoms with Gasteiger partial charge in [0.05, 0.1) is 5.52 Å². The molecule has 2 aromatic carbocycles. The lowest BCUT2D eigenvalue weighted by molar-refractivity contribution is 0.476. The molecule has 0 saturated heterocycles. The molecule has 0 saturated carbocycles. The maximum absolute atomic E-state index is 10.00. The van der Waals surface area contributed by atoms with Crippen molar-refractivity contribution >= 4 is 23.3 Å². The highest BCUT2D eigenvalue weighted by molar-refractivity contribution is 5.85. The van der Waals surface area contributed by atoms with Gasteiger partial charge in [0.25, 0.3) is 0 Å². The van der Waals surface area contributed by atoms with Crippen LogP contribution in [0.5, 0.6) is 5.75 Å². The predicted molar refractivity (Wildman–Crippen MR) is 76.1 cm³/mol. The standard InChI is InChI=1S/C15H11NO.ClH/c17-14-10-12-8-4-5-9-13(12)16-15(14)11-6-2-1-3-7-11;/h1-10,17H;1H. The Bertz CT molecular complexity index is 668. The van der Waals surface area contributed by atoms with E-state index < -0.39 is 0 Å². The summed E-state index contributed by atoms with van der Waals surface area (Å²) in [4.78, 5) is 4.50. The van der Waals surface area contributed by atoms with E-state index in [0.29, 0.717) is 5.69 Å². The molecule has 1 aromatic heterocycles. The first-order valence-corrected chi connectivity index (χ1v) is 5.49. The number of fused-ring (bicyclic) bond motifs is 1. The largest absolute Gasteiger partial charge is 0.506 e. The van der Waals surface area contributed by atoms with Crippen LogP contribution in [0.25, 0.3) is 22.2 Å². The molecular formula is C15H12ClNO. The van der Waals surface area contributed by atoms with Gasteiger partial charge in [-0.25, -0.2) is 4.98 Å². The van der Waals surface area contributed by atoms with E-state index in [-0.39, 0.29) is 18.2 Å². The number of aromatic hydroxyl groups is 1. The van der Waals surface area contributed by atoms with Gasteiger partial charge in [-0.2, -0.15) is 0 Å². The van der Waals surface area contributed by atoms with Crippen molar-refractivity contribution in [1.29, 1.82) is 0 Å². The molecular weight excluding hydrogens is 246 g/mol. The van der Waals surface area contributed by atoms with Gasteiger partial charge in [-0.3, -0.25) is 0 Å². The average molecular weight is 258 g/mol. The first kappa shape index (κ1) is 12.4. The summed E-state index contributed by atoms with van der Waals surface area (Å²) in [6.07, 6.45) is 0. The normalized spacial score (nSPS) is 10.0. The summed E-state index contributed by atoms with van der Waals surface area (Å²) in [7, 11) is 0. The molecule has 0 amide bonds. The fourth-order valence-corrected chi connectivity index (χ4v) is 1.91. The fourth-order valence-electron chi connectivity index (χ4n) is 1.91. The van der Waals surface area contributed by atoms with Gasteiger partial charge in [0.15, 0.2) is 0 Å². The van der Waals surface area contributed by atoms with Crippen LogP contribution in [0.2, 0.25) is 0 Å². The van der Waals surface area contributed by atoms with Crippen LogP contribution in [0, 0.1) is 0 Å². The number of aromatic nitrogens is 1. The Kier molecular flexibility index (Phi) is 3.49. The van der Waals surface area contributed by atoms with Gasteiger partial charge in [0.1, 0.15) is 11.4 Å². The molecule has 0 aliphatic heterocycles. The van der Waals surface area contributed by atoms with Gasteiger partial charge >= 0.3 is 0 Å². The van der Waals surface area contributed by atoms with Gasteiger partial charge < -0.3 is 5.11 Å². The summed E-state index contributed by atoms with van der Waals surface area (Å²) in [5, 5.41) is 10.9. The summed E-state index contributed by atoms with van der Waals surface area (Å²) in [6, 6.07) is 19.2. The highest BCUT2D eigenvalue weighted by atomic mass is 35.5. The molecule has 2 nitrogen and oxygen atoms in total. The second-order valence-electron chi connectivity index (χ2n) is 3.91. The summed E-state index contributed by atoms with van der Waals surface area (Å²) in [5.74, 6) is 0.218. The molecule has 3 aromatic rings. The molecule has 0 radical (unpaired) electrons. The topological polar surface area (TPSA) is 33.1 Å². The smallest absolute Gasteiger partial charge is 0.142 e. The van der Waals surface area contributed by atoms with Crippen LogP contribution in [0.15, 0.2) is 60.7 Å². The lowest BCUT2D eigenvalue weighted by Gasteiger charge is -2.05. The van der Waals surface area contributed by atoms with E-state index in [0.717, 1.165) is 16.5 Å². The Labute approximate surface area is 111 Å². The molecule has 3 rings (SSSR count). The number of hydrogen-bond donors (Lipinski definition) is 1. The Balaban J connectivity index is 0.00000120. The Morgan fingerprint density at radius 1 is 0.833 bits per heavy atom. The third kappa shape index (κ3) is 2.15. The lowest BCUT2D eigenvalue weighted by atomic mass is 10.1. The molecule has 0 fully saturated rings. The number of pyridine rings is 1. The van der Waals surface area contributed by atoms with E-state index in [9.17, 15) is 5.11 Å². The summed E-state index contributed by atoms with van der Waals surface area (Å²) >= 11 is 0. The van der Waals surface area contributed by atoms with E-state index in [1.54, 1.807) is 6.07 Å². The van der Waals surface area contributed by atoms with Crippen molar-refractivity contribution in [3.63, 3.8) is 0 Å². The van der Waals surface area contributed by atoms with E-state index in [4.69, 9.17) is 0 Å². The van der Waals surface area contributed by atoms with Crippen LogP contribution in [0.3, 0.4) is 0 Å². The average Bonchev–Trinajstić information content (AvgIpc) is 2.39. The number of halogens is 1. The molecule has 0 spiro atoms. The Morgan fingerprint density at radius 3 is 2.28 bits per heavy atom. The zero-order valence-electron chi connectivity index (χ0n) is 9.58. The summed E-state index contributed by atoms with van der Waals surface area (Å²) < 4.78 is 0. The quantitative estimate of drug-likeness (QED) is 0.714. The molecule has 0 atom stereocenters. The van der Waals surface area contributed by atoms with Crippen LogP contribution in [-0.4, -0.2) is 10.1 Å². The van der Waals surface area contributed by atoms with Gasteiger partial charge in [0, 0.05) is 10.9 Å². The van der Waals surface area contributed by atoms with Gasteiger partial charge in [0.2, 0.25) is 0 Å². The maximum Gasteiger partial charge on any atom is 0.142 e. The van der Waals surface area contributed by atoms with Crippen LogP contribution < -0.4 is 0 Å². The molecule has 3 heteroatoms. The zero-order valence-corrected chi connectivity index (χ0v) is 10.4. The van der Waals surface area contributed by atoms with Crippen LogP contribution >= 0.6 is 12.4 Å². The van der Waals surface area contributed by atoms with Crippen molar-refractivity contribution < 1.29 is 5.11 Å². The van der Waals surface area contributed by atoms with Crippen molar-refractivity contribution in [2.75, 3.05) is 0 Å². The highest BCUT2D eigenvalue weighted by Crippen LogP contribution is 2.29. The van der Waals surface area contributed by atoms with Crippen molar-refractivity contribution in [1.82, 2.24) is 4.98 Å². The monoisotopic (exact) mass is 257 g/mol. The van der Waals surface area contributed by atoms with Gasteiger partial charge in [-0.15, -0.1) is 12.4 Å². The Morgan fingerprint density at radius 2 is 1.50 bits per heavy atom. The van der Waals surface area contributed by atoms with E-state index in [1.807, 2.05) is 54.6 Å². The Hall–Kier alpha value is -2.06. The number of nitrogens with zero attached hydrogens (tertiary/aromatic N) is 1.